The zero-order valence-electron chi connectivity index (χ0n) is 11.6. The van der Waals surface area contributed by atoms with E-state index < -0.39 is 0 Å². The number of ether oxygens (including phenoxy) is 2. The van der Waals surface area contributed by atoms with E-state index in [0.29, 0.717) is 19.6 Å². The summed E-state index contributed by atoms with van der Waals surface area (Å²) in [5.74, 6) is -0.718. The fraction of sp³-hybridized carbons (Fsp3) is 0.467. The second-order valence-electron chi connectivity index (χ2n) is 4.32. The van der Waals surface area contributed by atoms with Gasteiger partial charge in [0, 0.05) is 10.9 Å². The van der Waals surface area contributed by atoms with Crippen molar-refractivity contribution in [2.75, 3.05) is 13.2 Å². The van der Waals surface area contributed by atoms with E-state index in [1.807, 2.05) is 31.2 Å². The van der Waals surface area contributed by atoms with Gasteiger partial charge < -0.3 is 9.47 Å². The monoisotopic (exact) mass is 342 g/mol. The number of halogens is 1. The molecule has 1 aromatic rings. The van der Waals surface area contributed by atoms with E-state index in [9.17, 15) is 9.59 Å². The van der Waals surface area contributed by atoms with Crippen LogP contribution in [-0.4, -0.2) is 25.2 Å². The first-order chi connectivity index (χ1) is 9.61. The first-order valence-electron chi connectivity index (χ1n) is 6.67. The van der Waals surface area contributed by atoms with E-state index in [1.54, 1.807) is 0 Å². The highest BCUT2D eigenvalue weighted by molar-refractivity contribution is 9.10. The van der Waals surface area contributed by atoms with Crippen LogP contribution in [-0.2, 0) is 25.5 Å². The molecule has 0 aliphatic carbocycles. The van der Waals surface area contributed by atoms with E-state index in [0.717, 1.165) is 16.5 Å². The van der Waals surface area contributed by atoms with Gasteiger partial charge in [-0.3, -0.25) is 9.59 Å². The number of rotatable bonds is 8. The molecule has 0 bridgehead atoms. The van der Waals surface area contributed by atoms with Crippen LogP contribution in [0.4, 0.5) is 0 Å². The second-order valence-corrected chi connectivity index (χ2v) is 5.24. The van der Waals surface area contributed by atoms with Crippen LogP contribution in [0, 0.1) is 0 Å². The molecule has 1 aromatic carbocycles. The number of carbonyl (C=O) groups excluding carboxylic acids is 2. The van der Waals surface area contributed by atoms with Gasteiger partial charge >= 0.3 is 11.9 Å². The van der Waals surface area contributed by atoms with Crippen molar-refractivity contribution in [2.24, 2.45) is 0 Å². The van der Waals surface area contributed by atoms with Crippen LogP contribution in [0.25, 0.3) is 0 Å². The molecule has 0 N–H and O–H groups in total. The molecule has 20 heavy (non-hydrogen) atoms. The summed E-state index contributed by atoms with van der Waals surface area (Å²) in [6.45, 7) is 2.64. The van der Waals surface area contributed by atoms with Crippen molar-refractivity contribution in [1.82, 2.24) is 0 Å². The minimum absolute atomic E-state index is 0.0705. The van der Waals surface area contributed by atoms with Crippen LogP contribution in [0.2, 0.25) is 0 Å². The number of esters is 2. The van der Waals surface area contributed by atoms with E-state index in [1.165, 1.54) is 0 Å². The smallest absolute Gasteiger partial charge is 0.306 e. The lowest BCUT2D eigenvalue weighted by atomic mass is 10.2. The van der Waals surface area contributed by atoms with Crippen molar-refractivity contribution >= 4 is 27.9 Å². The summed E-state index contributed by atoms with van der Waals surface area (Å²) in [5, 5.41) is 0. The molecule has 4 nitrogen and oxygen atoms in total. The Hall–Kier alpha value is -1.36. The molecule has 0 fully saturated rings. The summed E-state index contributed by atoms with van der Waals surface area (Å²) in [6, 6.07) is 7.83. The molecule has 110 valence electrons. The van der Waals surface area contributed by atoms with E-state index in [4.69, 9.17) is 9.47 Å². The summed E-state index contributed by atoms with van der Waals surface area (Å²) in [6.07, 6.45) is 1.59. The van der Waals surface area contributed by atoms with E-state index in [2.05, 4.69) is 15.9 Å². The molecule has 1 rings (SSSR count). The van der Waals surface area contributed by atoms with Gasteiger partial charge in [0.2, 0.25) is 0 Å². The van der Waals surface area contributed by atoms with Crippen LogP contribution in [0.1, 0.15) is 31.7 Å². The first kappa shape index (κ1) is 16.7. The number of benzene rings is 1. The molecule has 0 saturated heterocycles. The van der Waals surface area contributed by atoms with Gasteiger partial charge in [-0.1, -0.05) is 35.0 Å². The lowest BCUT2D eigenvalue weighted by Gasteiger charge is -2.05. The Bertz CT molecular complexity index is 445. The van der Waals surface area contributed by atoms with Crippen molar-refractivity contribution in [3.8, 4) is 0 Å². The lowest BCUT2D eigenvalue weighted by Crippen LogP contribution is -2.12. The molecule has 0 heterocycles. The molecule has 0 unspecified atom stereocenters. The van der Waals surface area contributed by atoms with E-state index >= 15 is 0 Å². The van der Waals surface area contributed by atoms with Crippen LogP contribution in [0.3, 0.4) is 0 Å². The largest absolute Gasteiger partial charge is 0.466 e. The van der Waals surface area contributed by atoms with Gasteiger partial charge in [0.15, 0.2) is 0 Å². The van der Waals surface area contributed by atoms with Crippen molar-refractivity contribution in [1.29, 1.82) is 0 Å². The zero-order valence-corrected chi connectivity index (χ0v) is 13.1. The maximum absolute atomic E-state index is 11.4. The molecular formula is C15H19BrO4. The fourth-order valence-electron chi connectivity index (χ4n) is 1.54. The Labute approximate surface area is 127 Å². The highest BCUT2D eigenvalue weighted by Crippen LogP contribution is 2.12. The lowest BCUT2D eigenvalue weighted by molar-refractivity contribution is -0.150. The topological polar surface area (TPSA) is 52.6 Å². The quantitative estimate of drug-likeness (QED) is 0.680. The molecular weight excluding hydrogens is 324 g/mol. The number of carbonyl (C=O) groups is 2. The number of hydrogen-bond acceptors (Lipinski definition) is 4. The minimum atomic E-state index is -0.367. The zero-order chi connectivity index (χ0) is 14.8. The third kappa shape index (κ3) is 7.28. The maximum atomic E-state index is 11.4. The number of hydrogen-bond donors (Lipinski definition) is 0. The summed E-state index contributed by atoms with van der Waals surface area (Å²) in [5.41, 5.74) is 1.09. The molecule has 0 saturated carbocycles. The van der Waals surface area contributed by atoms with Gasteiger partial charge in [-0.15, -0.1) is 0 Å². The van der Waals surface area contributed by atoms with Gasteiger partial charge in [-0.25, -0.2) is 0 Å². The molecule has 0 radical (unpaired) electrons. The second kappa shape index (κ2) is 9.53. The van der Waals surface area contributed by atoms with E-state index in [-0.39, 0.29) is 24.8 Å². The molecule has 0 spiro atoms. The van der Waals surface area contributed by atoms with Crippen molar-refractivity contribution in [3.63, 3.8) is 0 Å². The van der Waals surface area contributed by atoms with Crippen LogP contribution in [0.15, 0.2) is 28.7 Å². The molecule has 5 heteroatoms. The fourth-order valence-corrected chi connectivity index (χ4v) is 1.99. The average Bonchev–Trinajstić information content (AvgIpc) is 2.43. The summed E-state index contributed by atoms with van der Waals surface area (Å²) in [7, 11) is 0. The van der Waals surface area contributed by atoms with Gasteiger partial charge in [-0.2, -0.15) is 0 Å². The van der Waals surface area contributed by atoms with Crippen molar-refractivity contribution in [3.05, 3.63) is 34.3 Å². The van der Waals surface area contributed by atoms with Crippen molar-refractivity contribution < 1.29 is 19.1 Å². The highest BCUT2D eigenvalue weighted by atomic mass is 79.9. The van der Waals surface area contributed by atoms with Crippen LogP contribution >= 0.6 is 15.9 Å². The maximum Gasteiger partial charge on any atom is 0.306 e. The summed E-state index contributed by atoms with van der Waals surface area (Å²) in [4.78, 5) is 22.6. The Morgan fingerprint density at radius 3 is 2.35 bits per heavy atom. The molecule has 0 aliphatic heterocycles. The summed E-state index contributed by atoms with van der Waals surface area (Å²) < 4.78 is 11.0. The van der Waals surface area contributed by atoms with Crippen LogP contribution in [0.5, 0.6) is 0 Å². The minimum Gasteiger partial charge on any atom is -0.466 e. The third-order valence-corrected chi connectivity index (χ3v) is 3.04. The molecule has 0 aromatic heterocycles. The average molecular weight is 343 g/mol. The van der Waals surface area contributed by atoms with Crippen LogP contribution < -0.4 is 0 Å². The third-order valence-electron chi connectivity index (χ3n) is 2.54. The standard InChI is InChI=1S/C15H19BrO4/c1-2-9-19-14(17)6-7-15(18)20-10-8-12-4-3-5-13(16)11-12/h3-5,11H,2,6-10H2,1H3. The van der Waals surface area contributed by atoms with Gasteiger partial charge in [0.25, 0.3) is 0 Å². The van der Waals surface area contributed by atoms with Gasteiger partial charge in [0.05, 0.1) is 26.1 Å². The first-order valence-corrected chi connectivity index (χ1v) is 7.46. The predicted octanol–water partition coefficient (Wildman–Crippen LogP) is 3.27. The predicted molar refractivity (Wildman–Crippen MR) is 79.3 cm³/mol. The SMILES string of the molecule is CCCOC(=O)CCC(=O)OCCc1cccc(Br)c1. The Kier molecular flexibility index (Phi) is 7.95. The Morgan fingerprint density at radius 2 is 1.75 bits per heavy atom. The van der Waals surface area contributed by atoms with Gasteiger partial charge in [-0.05, 0) is 24.1 Å². The molecule has 0 atom stereocenters. The molecule has 0 amide bonds. The highest BCUT2D eigenvalue weighted by Gasteiger charge is 2.08. The van der Waals surface area contributed by atoms with Crippen molar-refractivity contribution in [2.45, 2.75) is 32.6 Å². The Balaban J connectivity index is 2.15. The normalized spacial score (nSPS) is 10.1. The van der Waals surface area contributed by atoms with Gasteiger partial charge in [0.1, 0.15) is 0 Å². The molecule has 0 aliphatic rings. The summed E-state index contributed by atoms with van der Waals surface area (Å²) >= 11 is 3.39. The Morgan fingerprint density at radius 1 is 1.10 bits per heavy atom.